The Morgan fingerprint density at radius 3 is 2.50 bits per heavy atom. The van der Waals surface area contributed by atoms with Gasteiger partial charge in [0, 0.05) is 47.3 Å². The van der Waals surface area contributed by atoms with E-state index in [1.807, 2.05) is 6.92 Å². The number of aromatic nitrogens is 3. The van der Waals surface area contributed by atoms with Crippen LogP contribution in [0.1, 0.15) is 42.9 Å². The van der Waals surface area contributed by atoms with E-state index in [0.717, 1.165) is 41.3 Å². The Kier molecular flexibility index (Phi) is 5.50. The first-order valence-corrected chi connectivity index (χ1v) is 11.5. The Bertz CT molecular complexity index is 1230. The number of rotatable bonds is 4. The van der Waals surface area contributed by atoms with Crippen LogP contribution >= 0.6 is 0 Å². The van der Waals surface area contributed by atoms with Crippen molar-refractivity contribution in [1.29, 1.82) is 0 Å². The highest BCUT2D eigenvalue weighted by atomic mass is 19.4. The molecule has 0 aliphatic carbocycles. The lowest BCUT2D eigenvalue weighted by Gasteiger charge is -2.51. The van der Waals surface area contributed by atoms with E-state index in [1.165, 1.54) is 18.9 Å². The third-order valence-corrected chi connectivity index (χ3v) is 7.04. The average molecular weight is 472 g/mol. The molecule has 5 heterocycles. The molecule has 1 aromatic carbocycles. The molecular weight excluding hydrogens is 443 g/mol. The Hall–Kier alpha value is -3.14. The normalized spacial score (nSPS) is 21.8. The number of nitrogens with two attached hydrogens (primary N) is 1. The summed E-state index contributed by atoms with van der Waals surface area (Å²) in [5.74, 6) is 0.507. The summed E-state index contributed by atoms with van der Waals surface area (Å²) in [4.78, 5) is 8.69. The van der Waals surface area contributed by atoms with Gasteiger partial charge in [-0.15, -0.1) is 5.10 Å². The largest absolute Gasteiger partial charge is 0.433 e. The van der Waals surface area contributed by atoms with Crippen molar-refractivity contribution in [1.82, 2.24) is 20.1 Å². The second-order valence-electron chi connectivity index (χ2n) is 9.42. The average Bonchev–Trinajstić information content (AvgIpc) is 2.80. The monoisotopic (exact) mass is 471 g/mol. The number of aryl methyl sites for hydroxylation is 1. The van der Waals surface area contributed by atoms with Gasteiger partial charge < -0.3 is 16.0 Å². The zero-order valence-electron chi connectivity index (χ0n) is 19.4. The number of piperidine rings is 2. The highest BCUT2D eigenvalue weighted by Gasteiger charge is 2.37. The number of fused-ring (bicyclic) bond motifs is 4. The molecular formula is C24H28F3N7. The summed E-state index contributed by atoms with van der Waals surface area (Å²) >= 11 is 0. The van der Waals surface area contributed by atoms with E-state index < -0.39 is 17.9 Å². The Morgan fingerprint density at radius 1 is 1.06 bits per heavy atom. The van der Waals surface area contributed by atoms with Crippen LogP contribution in [0.3, 0.4) is 0 Å². The first-order valence-electron chi connectivity index (χ1n) is 11.5. The lowest BCUT2D eigenvalue weighted by molar-refractivity contribution is -0.141. The molecule has 10 heteroatoms. The van der Waals surface area contributed by atoms with Crippen molar-refractivity contribution in [3.63, 3.8) is 0 Å². The number of nitrogen functional groups attached to an aromatic ring is 1. The molecule has 2 bridgehead atoms. The molecule has 0 saturated carbocycles. The summed E-state index contributed by atoms with van der Waals surface area (Å²) in [6.45, 7) is 5.66. The highest BCUT2D eigenvalue weighted by molar-refractivity contribution is 5.95. The Balaban J connectivity index is 1.49. The van der Waals surface area contributed by atoms with E-state index in [9.17, 15) is 13.2 Å². The van der Waals surface area contributed by atoms with Gasteiger partial charge in [-0.3, -0.25) is 4.90 Å². The SMILES string of the molecule is Cc1nnc(N[C@H](C)c2cc(N)cc(C(F)(F)F)n2)c2cc(N3C[C@H]4CC[C@@H]3CN4C)ccc12. The zero-order chi connectivity index (χ0) is 24.2. The first kappa shape index (κ1) is 22.6. The molecule has 7 nitrogen and oxygen atoms in total. The van der Waals surface area contributed by atoms with Gasteiger partial charge in [0.25, 0.3) is 0 Å². The number of likely N-dealkylation sites (N-methyl/N-ethyl adjacent to an activating group) is 1. The fourth-order valence-electron chi connectivity index (χ4n) is 5.14. The predicted octanol–water partition coefficient (Wildman–Crippen LogP) is 4.39. The van der Waals surface area contributed by atoms with Crippen molar-refractivity contribution in [3.8, 4) is 0 Å². The number of nitrogens with zero attached hydrogens (tertiary/aromatic N) is 5. The van der Waals surface area contributed by atoms with Crippen molar-refractivity contribution in [2.24, 2.45) is 0 Å². The lowest BCUT2D eigenvalue weighted by Crippen LogP contribution is -2.61. The molecule has 3 aliphatic rings. The van der Waals surface area contributed by atoms with Crippen LogP contribution in [0.2, 0.25) is 0 Å². The molecule has 3 saturated heterocycles. The van der Waals surface area contributed by atoms with Crippen LogP contribution < -0.4 is 16.0 Å². The van der Waals surface area contributed by atoms with Crippen LogP contribution in [0.4, 0.5) is 30.4 Å². The van der Waals surface area contributed by atoms with Gasteiger partial charge in [-0.25, -0.2) is 4.98 Å². The number of benzene rings is 1. The standard InChI is InChI=1S/C24H28F3N7/c1-13-19-7-6-16(34-12-17-4-5-18(34)11-33(17)3)10-20(19)23(32-31-13)29-14(2)21-8-15(28)9-22(30-21)24(25,26)27/h6-10,14,17-18H,4-5,11-12H2,1-3H3,(H2,28,30)(H,29,32)/t14-,17-,18-/m1/s1. The maximum atomic E-state index is 13.2. The third kappa shape index (κ3) is 4.11. The number of anilines is 3. The number of halogens is 3. The quantitative estimate of drug-likeness (QED) is 0.584. The van der Waals surface area contributed by atoms with Crippen LogP contribution in [0.25, 0.3) is 10.8 Å². The second kappa shape index (κ2) is 8.26. The fourth-order valence-corrected chi connectivity index (χ4v) is 5.14. The van der Waals surface area contributed by atoms with E-state index in [4.69, 9.17) is 5.73 Å². The summed E-state index contributed by atoms with van der Waals surface area (Å²) in [6, 6.07) is 9.03. The van der Waals surface area contributed by atoms with Crippen LogP contribution in [-0.4, -0.2) is 52.3 Å². The van der Waals surface area contributed by atoms with Gasteiger partial charge in [-0.2, -0.15) is 18.3 Å². The number of hydrogen-bond acceptors (Lipinski definition) is 7. The van der Waals surface area contributed by atoms with Gasteiger partial charge in [-0.05, 0) is 58.0 Å². The molecule has 0 unspecified atom stereocenters. The topological polar surface area (TPSA) is 83.2 Å². The molecule has 180 valence electrons. The summed E-state index contributed by atoms with van der Waals surface area (Å²) in [5, 5.41) is 13.7. The fraction of sp³-hybridized carbons (Fsp3) is 0.458. The summed E-state index contributed by atoms with van der Waals surface area (Å²) < 4.78 is 39.7. The van der Waals surface area contributed by atoms with E-state index in [1.54, 1.807) is 6.92 Å². The molecule has 0 radical (unpaired) electrons. The minimum atomic E-state index is -4.57. The van der Waals surface area contributed by atoms with Gasteiger partial charge in [0.15, 0.2) is 5.82 Å². The van der Waals surface area contributed by atoms with Crippen LogP contribution in [-0.2, 0) is 6.18 Å². The molecule has 0 amide bonds. The number of pyridine rings is 1. The highest BCUT2D eigenvalue weighted by Crippen LogP contribution is 2.36. The second-order valence-corrected chi connectivity index (χ2v) is 9.42. The third-order valence-electron chi connectivity index (χ3n) is 7.04. The zero-order valence-corrected chi connectivity index (χ0v) is 19.4. The van der Waals surface area contributed by atoms with Gasteiger partial charge in [-0.1, -0.05) is 6.07 Å². The predicted molar refractivity (Wildman–Crippen MR) is 127 cm³/mol. The summed E-state index contributed by atoms with van der Waals surface area (Å²) in [5.41, 5.74) is 6.84. The number of hydrogen-bond donors (Lipinski definition) is 2. The van der Waals surface area contributed by atoms with Gasteiger partial charge >= 0.3 is 6.18 Å². The molecule has 3 fully saturated rings. The molecule has 2 aromatic heterocycles. The number of nitrogens with one attached hydrogen (secondary N) is 1. The summed E-state index contributed by atoms with van der Waals surface area (Å²) in [6.07, 6.45) is -2.18. The smallest absolute Gasteiger partial charge is 0.399 e. The molecule has 6 rings (SSSR count). The molecule has 3 aromatic rings. The van der Waals surface area contributed by atoms with Gasteiger partial charge in [0.05, 0.1) is 17.4 Å². The molecule has 0 spiro atoms. The minimum Gasteiger partial charge on any atom is -0.399 e. The summed E-state index contributed by atoms with van der Waals surface area (Å²) in [7, 11) is 2.19. The molecule has 3 aliphatic heterocycles. The van der Waals surface area contributed by atoms with E-state index in [0.29, 0.717) is 17.9 Å². The molecule has 34 heavy (non-hydrogen) atoms. The maximum Gasteiger partial charge on any atom is 0.433 e. The van der Waals surface area contributed by atoms with E-state index in [-0.39, 0.29) is 11.4 Å². The van der Waals surface area contributed by atoms with Gasteiger partial charge in [0.1, 0.15) is 5.69 Å². The van der Waals surface area contributed by atoms with Crippen molar-refractivity contribution in [2.75, 3.05) is 36.1 Å². The Morgan fingerprint density at radius 2 is 1.82 bits per heavy atom. The minimum absolute atomic E-state index is 0.0122. The lowest BCUT2D eigenvalue weighted by atomic mass is 9.90. The number of piperazine rings is 1. The van der Waals surface area contributed by atoms with Crippen molar-refractivity contribution >= 4 is 28.0 Å². The van der Waals surface area contributed by atoms with Gasteiger partial charge in [0.2, 0.25) is 0 Å². The van der Waals surface area contributed by atoms with E-state index in [2.05, 4.69) is 55.5 Å². The van der Waals surface area contributed by atoms with Crippen LogP contribution in [0.15, 0.2) is 30.3 Å². The van der Waals surface area contributed by atoms with E-state index >= 15 is 0 Å². The van der Waals surface area contributed by atoms with Crippen molar-refractivity contribution in [3.05, 3.63) is 47.4 Å². The number of alkyl halides is 3. The van der Waals surface area contributed by atoms with Crippen molar-refractivity contribution in [2.45, 2.75) is 51.0 Å². The Labute approximate surface area is 196 Å². The first-order chi connectivity index (χ1) is 16.1. The maximum absolute atomic E-state index is 13.2. The van der Waals surface area contributed by atoms with Crippen molar-refractivity contribution < 1.29 is 13.2 Å². The molecule has 3 atom stereocenters. The van der Waals surface area contributed by atoms with Crippen LogP contribution in [0.5, 0.6) is 0 Å². The molecule has 3 N–H and O–H groups in total. The van der Waals surface area contributed by atoms with Crippen LogP contribution in [0, 0.1) is 6.92 Å².